The van der Waals surface area contributed by atoms with Crippen molar-refractivity contribution >= 4 is 27.0 Å². The monoisotopic (exact) mass is 435 g/mol. The molecule has 0 bridgehead atoms. The van der Waals surface area contributed by atoms with Gasteiger partial charge in [-0.25, -0.2) is 17.5 Å². The van der Waals surface area contributed by atoms with Gasteiger partial charge < -0.3 is 9.32 Å². The summed E-state index contributed by atoms with van der Waals surface area (Å²) < 4.78 is 46.8. The Morgan fingerprint density at radius 1 is 1.07 bits per heavy atom. The molecule has 1 aromatic carbocycles. The maximum Gasteiger partial charge on any atom is 0.250 e. The van der Waals surface area contributed by atoms with Crippen molar-refractivity contribution in [2.45, 2.75) is 10.3 Å². The van der Waals surface area contributed by atoms with E-state index >= 15 is 0 Å². The van der Waals surface area contributed by atoms with E-state index < -0.39 is 10.0 Å². The molecule has 9 heteroatoms. The molecule has 0 unspecified atom stereocenters. The quantitative estimate of drug-likeness (QED) is 0.617. The van der Waals surface area contributed by atoms with Crippen LogP contribution in [-0.4, -0.2) is 46.0 Å². The topological polar surface area (TPSA) is 65.8 Å². The van der Waals surface area contributed by atoms with E-state index in [1.165, 1.54) is 23.5 Å². The molecular formula is C20H22FN3O3S2. The van der Waals surface area contributed by atoms with Crippen molar-refractivity contribution in [3.8, 4) is 0 Å². The second-order valence-electron chi connectivity index (χ2n) is 6.81. The first-order valence-electron chi connectivity index (χ1n) is 9.34. The molecule has 2 aromatic heterocycles. The number of anilines is 1. The van der Waals surface area contributed by atoms with Crippen LogP contribution in [0.3, 0.4) is 0 Å². The van der Waals surface area contributed by atoms with E-state index in [4.69, 9.17) is 4.42 Å². The van der Waals surface area contributed by atoms with Crippen LogP contribution < -0.4 is 9.62 Å². The van der Waals surface area contributed by atoms with Crippen LogP contribution in [-0.2, 0) is 10.0 Å². The van der Waals surface area contributed by atoms with E-state index in [2.05, 4.69) is 14.5 Å². The number of halogens is 1. The molecule has 1 aliphatic rings. The zero-order chi connectivity index (χ0) is 20.3. The highest BCUT2D eigenvalue weighted by Crippen LogP contribution is 2.25. The van der Waals surface area contributed by atoms with Gasteiger partial charge in [-0.1, -0.05) is 6.07 Å². The summed E-state index contributed by atoms with van der Waals surface area (Å²) in [6, 6.07) is 13.3. The third-order valence-electron chi connectivity index (χ3n) is 5.05. The Bertz CT molecular complexity index is 998. The molecule has 154 valence electrons. The molecule has 29 heavy (non-hydrogen) atoms. The lowest BCUT2D eigenvalue weighted by atomic mass is 10.1. The summed E-state index contributed by atoms with van der Waals surface area (Å²) in [4.78, 5) is 4.42. The molecular weight excluding hydrogens is 413 g/mol. The molecule has 3 heterocycles. The van der Waals surface area contributed by atoms with Gasteiger partial charge >= 0.3 is 0 Å². The van der Waals surface area contributed by atoms with Crippen LogP contribution in [0.25, 0.3) is 0 Å². The van der Waals surface area contributed by atoms with Crippen molar-refractivity contribution < 1.29 is 17.2 Å². The number of sulfonamides is 1. The predicted molar refractivity (Wildman–Crippen MR) is 111 cm³/mol. The zero-order valence-corrected chi connectivity index (χ0v) is 17.3. The molecule has 0 saturated carbocycles. The van der Waals surface area contributed by atoms with Crippen LogP contribution in [0, 0.1) is 5.82 Å². The molecule has 0 amide bonds. The summed E-state index contributed by atoms with van der Waals surface area (Å²) in [6.07, 6.45) is 1.60. The zero-order valence-electron chi connectivity index (χ0n) is 15.7. The molecule has 0 radical (unpaired) electrons. The Balaban J connectivity index is 1.44. The molecule has 1 N–H and O–H groups in total. The number of rotatable bonds is 7. The summed E-state index contributed by atoms with van der Waals surface area (Å²) in [6.45, 7) is 3.23. The number of furan rings is 1. The fraction of sp³-hybridized carbons (Fsp3) is 0.300. The minimum absolute atomic E-state index is 0.199. The highest BCUT2D eigenvalue weighted by molar-refractivity contribution is 7.91. The van der Waals surface area contributed by atoms with Gasteiger partial charge in [0.05, 0.1) is 12.3 Å². The van der Waals surface area contributed by atoms with E-state index in [1.54, 1.807) is 35.9 Å². The number of nitrogens with zero attached hydrogens (tertiary/aromatic N) is 2. The summed E-state index contributed by atoms with van der Waals surface area (Å²) in [5, 5.41) is 1.74. The second kappa shape index (κ2) is 8.66. The van der Waals surface area contributed by atoms with Crippen LogP contribution in [0.4, 0.5) is 10.1 Å². The van der Waals surface area contributed by atoms with Crippen LogP contribution in [0.5, 0.6) is 0 Å². The van der Waals surface area contributed by atoms with E-state index in [9.17, 15) is 12.8 Å². The SMILES string of the molecule is O=S(=O)(NC[C@@H](c1ccco1)N1CCN(c2ccc(F)cc2)CC1)c1cccs1. The van der Waals surface area contributed by atoms with Gasteiger partial charge in [-0.15, -0.1) is 11.3 Å². The van der Waals surface area contributed by atoms with Crippen LogP contribution in [0.1, 0.15) is 11.8 Å². The highest BCUT2D eigenvalue weighted by atomic mass is 32.2. The molecule has 0 spiro atoms. The summed E-state index contributed by atoms with van der Waals surface area (Å²) in [7, 11) is -3.55. The molecule has 3 aromatic rings. The summed E-state index contributed by atoms with van der Waals surface area (Å²) >= 11 is 1.19. The standard InChI is InChI=1S/C20H22FN3O3S2/c21-16-5-7-17(8-6-16)23-9-11-24(12-10-23)18(19-3-1-13-27-19)15-22-29(25,26)20-4-2-14-28-20/h1-8,13-14,18,22H,9-12,15H2/t18-/m0/s1. The number of piperazine rings is 1. The van der Waals surface area contributed by atoms with E-state index in [0.29, 0.717) is 4.21 Å². The minimum Gasteiger partial charge on any atom is -0.468 e. The fourth-order valence-corrected chi connectivity index (χ4v) is 5.59. The number of hydrogen-bond acceptors (Lipinski definition) is 6. The van der Waals surface area contributed by atoms with Gasteiger partial charge in [0.25, 0.3) is 0 Å². The van der Waals surface area contributed by atoms with Crippen LogP contribution >= 0.6 is 11.3 Å². The Hall–Kier alpha value is -2.20. The lowest BCUT2D eigenvalue weighted by molar-refractivity contribution is 0.166. The smallest absolute Gasteiger partial charge is 0.250 e. The largest absolute Gasteiger partial charge is 0.468 e. The summed E-state index contributed by atoms with van der Waals surface area (Å²) in [5.74, 6) is 0.484. The van der Waals surface area contributed by atoms with Crippen LogP contribution in [0.2, 0.25) is 0 Å². The van der Waals surface area contributed by atoms with Crippen molar-refractivity contribution in [2.75, 3.05) is 37.6 Å². The van der Waals surface area contributed by atoms with E-state index in [1.807, 2.05) is 12.1 Å². The minimum atomic E-state index is -3.55. The van der Waals surface area contributed by atoms with Gasteiger partial charge in [0.2, 0.25) is 10.0 Å². The van der Waals surface area contributed by atoms with Gasteiger partial charge in [0, 0.05) is 38.4 Å². The van der Waals surface area contributed by atoms with Crippen molar-refractivity contribution in [1.29, 1.82) is 0 Å². The normalized spacial score (nSPS) is 16.8. The highest BCUT2D eigenvalue weighted by Gasteiger charge is 2.28. The third kappa shape index (κ3) is 4.69. The fourth-order valence-electron chi connectivity index (χ4n) is 3.51. The maximum atomic E-state index is 13.2. The molecule has 1 aliphatic heterocycles. The number of thiophene rings is 1. The Labute approximate surface area is 173 Å². The molecule has 1 fully saturated rings. The molecule has 4 rings (SSSR count). The van der Waals surface area contributed by atoms with Gasteiger partial charge in [0.1, 0.15) is 15.8 Å². The average molecular weight is 436 g/mol. The average Bonchev–Trinajstić information content (AvgIpc) is 3.44. The number of benzene rings is 1. The first-order chi connectivity index (χ1) is 14.0. The van der Waals surface area contributed by atoms with Crippen molar-refractivity contribution in [2.24, 2.45) is 0 Å². The Kier molecular flexibility index (Phi) is 6.00. The van der Waals surface area contributed by atoms with E-state index in [-0.39, 0.29) is 18.4 Å². The van der Waals surface area contributed by atoms with Gasteiger partial charge in [-0.05, 0) is 47.8 Å². The van der Waals surface area contributed by atoms with Crippen molar-refractivity contribution in [1.82, 2.24) is 9.62 Å². The third-order valence-corrected chi connectivity index (χ3v) is 7.87. The first-order valence-corrected chi connectivity index (χ1v) is 11.7. The Morgan fingerprint density at radius 2 is 1.83 bits per heavy atom. The molecule has 1 atom stereocenters. The van der Waals surface area contributed by atoms with Crippen molar-refractivity contribution in [3.05, 3.63) is 71.8 Å². The van der Waals surface area contributed by atoms with Gasteiger partial charge in [0.15, 0.2) is 0 Å². The maximum absolute atomic E-state index is 13.2. The predicted octanol–water partition coefficient (Wildman–Crippen LogP) is 3.32. The lowest BCUT2D eigenvalue weighted by Gasteiger charge is -2.39. The molecule has 1 saturated heterocycles. The van der Waals surface area contributed by atoms with Crippen LogP contribution in [0.15, 0.2) is 68.8 Å². The van der Waals surface area contributed by atoms with Gasteiger partial charge in [-0.2, -0.15) is 0 Å². The second-order valence-corrected chi connectivity index (χ2v) is 9.76. The number of hydrogen-bond donors (Lipinski definition) is 1. The lowest BCUT2D eigenvalue weighted by Crippen LogP contribution is -2.49. The molecule has 6 nitrogen and oxygen atoms in total. The summed E-state index contributed by atoms with van der Waals surface area (Å²) in [5.41, 5.74) is 0.985. The number of nitrogens with one attached hydrogen (secondary N) is 1. The van der Waals surface area contributed by atoms with Gasteiger partial charge in [-0.3, -0.25) is 4.90 Å². The first kappa shape index (κ1) is 20.1. The van der Waals surface area contributed by atoms with E-state index in [0.717, 1.165) is 37.6 Å². The van der Waals surface area contributed by atoms with Crippen molar-refractivity contribution in [3.63, 3.8) is 0 Å². The molecule has 0 aliphatic carbocycles. The Morgan fingerprint density at radius 3 is 2.45 bits per heavy atom.